The lowest BCUT2D eigenvalue weighted by atomic mass is 9.58. The summed E-state index contributed by atoms with van der Waals surface area (Å²) in [6.45, 7) is 6.06. The van der Waals surface area contributed by atoms with Crippen molar-refractivity contribution < 1.29 is 24.0 Å². The first-order valence-electron chi connectivity index (χ1n) is 7.71. The minimum atomic E-state index is -0.793. The van der Waals surface area contributed by atoms with Gasteiger partial charge in [-0.25, -0.2) is 9.78 Å². The van der Waals surface area contributed by atoms with Crippen molar-refractivity contribution in [3.8, 4) is 0 Å². The minimum absolute atomic E-state index is 0.123. The number of esters is 1. The molecule has 5 aliphatic rings. The lowest BCUT2D eigenvalue weighted by Gasteiger charge is -2.57. The van der Waals surface area contributed by atoms with Gasteiger partial charge in [0, 0.05) is 18.3 Å². The summed E-state index contributed by atoms with van der Waals surface area (Å²) in [6, 6.07) is 0. The number of rotatable bonds is 0. The lowest BCUT2D eigenvalue weighted by molar-refractivity contribution is -0.559. The minimum Gasteiger partial charge on any atom is -0.432 e. The fraction of sp³-hybridized carbons (Fsp3) is 0.933. The van der Waals surface area contributed by atoms with Crippen LogP contribution in [-0.4, -0.2) is 23.6 Å². The third-order valence-corrected chi connectivity index (χ3v) is 5.97. The highest BCUT2D eigenvalue weighted by atomic mass is 17.3. The molecule has 3 unspecified atom stereocenters. The van der Waals surface area contributed by atoms with Gasteiger partial charge in [0.2, 0.25) is 12.1 Å². The summed E-state index contributed by atoms with van der Waals surface area (Å²) in [5.41, 5.74) is -0.610. The second-order valence-electron chi connectivity index (χ2n) is 7.14. The Balaban J connectivity index is 1.84. The zero-order valence-corrected chi connectivity index (χ0v) is 12.3. The van der Waals surface area contributed by atoms with Crippen molar-refractivity contribution in [3.63, 3.8) is 0 Å². The molecule has 0 N–H and O–H groups in total. The van der Waals surface area contributed by atoms with Crippen LogP contribution in [0.4, 0.5) is 0 Å². The molecule has 7 atom stereocenters. The van der Waals surface area contributed by atoms with E-state index in [1.54, 1.807) is 0 Å². The Bertz CT molecular complexity index is 452. The van der Waals surface area contributed by atoms with Gasteiger partial charge in [0.1, 0.15) is 0 Å². The van der Waals surface area contributed by atoms with Crippen LogP contribution in [0.15, 0.2) is 0 Å². The van der Waals surface area contributed by atoms with Gasteiger partial charge >= 0.3 is 5.97 Å². The number of hydrogen-bond acceptors (Lipinski definition) is 5. The van der Waals surface area contributed by atoms with Gasteiger partial charge in [-0.15, -0.1) is 0 Å². The third kappa shape index (κ3) is 1.46. The van der Waals surface area contributed by atoms with Crippen LogP contribution in [0.2, 0.25) is 0 Å². The molecule has 0 aromatic rings. The quantitative estimate of drug-likeness (QED) is 0.504. The van der Waals surface area contributed by atoms with E-state index in [9.17, 15) is 4.79 Å². The molecule has 0 aromatic heterocycles. The molecule has 0 amide bonds. The van der Waals surface area contributed by atoms with Gasteiger partial charge in [0.25, 0.3) is 0 Å². The van der Waals surface area contributed by atoms with Crippen LogP contribution in [0.3, 0.4) is 0 Å². The normalized spacial score (nSPS) is 57.8. The van der Waals surface area contributed by atoms with Crippen molar-refractivity contribution in [1.82, 2.24) is 0 Å². The van der Waals surface area contributed by atoms with Crippen molar-refractivity contribution in [1.29, 1.82) is 0 Å². The smallest absolute Gasteiger partial charge is 0.311 e. The highest BCUT2D eigenvalue weighted by molar-refractivity contribution is 5.74. The first-order chi connectivity index (χ1) is 9.46. The molecule has 1 saturated carbocycles. The first-order valence-corrected chi connectivity index (χ1v) is 7.71. The summed E-state index contributed by atoms with van der Waals surface area (Å²) in [4.78, 5) is 23.7. The van der Waals surface area contributed by atoms with E-state index < -0.39 is 17.7 Å². The van der Waals surface area contributed by atoms with Crippen molar-refractivity contribution >= 4 is 5.97 Å². The SMILES string of the molecule is CC1CCC2[C@@H](C)C(=O)O[C@@H]3O[C@]4(C)CCC1[C@@]23OO4. The maximum atomic E-state index is 12.1. The third-order valence-electron chi connectivity index (χ3n) is 5.97. The van der Waals surface area contributed by atoms with Crippen LogP contribution in [0.25, 0.3) is 0 Å². The second-order valence-corrected chi connectivity index (χ2v) is 7.14. The van der Waals surface area contributed by atoms with Crippen molar-refractivity contribution in [3.05, 3.63) is 0 Å². The van der Waals surface area contributed by atoms with E-state index in [-0.39, 0.29) is 17.8 Å². The van der Waals surface area contributed by atoms with E-state index in [0.29, 0.717) is 11.8 Å². The van der Waals surface area contributed by atoms with E-state index in [4.69, 9.17) is 19.2 Å². The summed E-state index contributed by atoms with van der Waals surface area (Å²) in [7, 11) is 0. The average Bonchev–Trinajstić information content (AvgIpc) is 2.63. The van der Waals surface area contributed by atoms with Crippen LogP contribution in [0, 0.1) is 23.7 Å². The fourth-order valence-electron chi connectivity index (χ4n) is 4.76. The maximum absolute atomic E-state index is 12.1. The van der Waals surface area contributed by atoms with Crippen LogP contribution < -0.4 is 0 Å². The van der Waals surface area contributed by atoms with Gasteiger partial charge in [0.15, 0.2) is 5.60 Å². The highest BCUT2D eigenvalue weighted by Crippen LogP contribution is 2.59. The van der Waals surface area contributed by atoms with Gasteiger partial charge in [-0.2, -0.15) is 0 Å². The monoisotopic (exact) mass is 282 g/mol. The number of ether oxygens (including phenoxy) is 2. The predicted octanol–water partition coefficient (Wildman–Crippen LogP) is 2.39. The average molecular weight is 282 g/mol. The van der Waals surface area contributed by atoms with Crippen LogP contribution in [-0.2, 0) is 24.0 Å². The van der Waals surface area contributed by atoms with Crippen molar-refractivity contribution in [2.45, 2.75) is 64.1 Å². The molecule has 5 rings (SSSR count). The van der Waals surface area contributed by atoms with Crippen LogP contribution in [0.5, 0.6) is 0 Å². The van der Waals surface area contributed by atoms with E-state index in [0.717, 1.165) is 25.7 Å². The topological polar surface area (TPSA) is 54.0 Å². The molecule has 5 nitrogen and oxygen atoms in total. The molecule has 112 valence electrons. The molecule has 4 saturated heterocycles. The molecule has 20 heavy (non-hydrogen) atoms. The van der Waals surface area contributed by atoms with Crippen molar-refractivity contribution in [2.24, 2.45) is 23.7 Å². The Morgan fingerprint density at radius 1 is 1.10 bits per heavy atom. The Kier molecular flexibility index (Phi) is 2.58. The summed E-state index contributed by atoms with van der Waals surface area (Å²) in [5.74, 6) is -0.137. The summed E-state index contributed by atoms with van der Waals surface area (Å²) >= 11 is 0. The molecular formula is C15H22O5. The maximum Gasteiger partial charge on any atom is 0.311 e. The number of fused-ring (bicyclic) bond motifs is 2. The van der Waals surface area contributed by atoms with Gasteiger partial charge in [-0.1, -0.05) is 13.8 Å². The first kappa shape index (κ1) is 13.0. The Labute approximate surface area is 118 Å². The molecule has 0 radical (unpaired) electrons. The van der Waals surface area contributed by atoms with Crippen LogP contribution in [0.1, 0.15) is 46.5 Å². The molecule has 4 heterocycles. The molecule has 0 aromatic carbocycles. The highest BCUT2D eigenvalue weighted by Gasteiger charge is 2.69. The molecular weight excluding hydrogens is 260 g/mol. The summed E-state index contributed by atoms with van der Waals surface area (Å²) < 4.78 is 11.6. The lowest BCUT2D eigenvalue weighted by Crippen LogP contribution is -2.69. The zero-order valence-electron chi connectivity index (χ0n) is 12.3. The largest absolute Gasteiger partial charge is 0.432 e. The number of hydrogen-bond donors (Lipinski definition) is 0. The second kappa shape index (κ2) is 3.96. The number of carbonyl (C=O) groups is 1. The van der Waals surface area contributed by atoms with E-state index in [2.05, 4.69) is 6.92 Å². The van der Waals surface area contributed by atoms with Gasteiger partial charge in [-0.3, -0.25) is 4.79 Å². The van der Waals surface area contributed by atoms with Gasteiger partial charge in [0.05, 0.1) is 5.92 Å². The summed E-state index contributed by atoms with van der Waals surface area (Å²) in [6.07, 6.45) is 3.24. The molecule has 4 aliphatic heterocycles. The van der Waals surface area contributed by atoms with Gasteiger partial charge < -0.3 is 9.47 Å². The molecule has 2 bridgehead atoms. The molecule has 1 aliphatic carbocycles. The Morgan fingerprint density at radius 2 is 1.90 bits per heavy atom. The van der Waals surface area contributed by atoms with Gasteiger partial charge in [-0.05, 0) is 32.1 Å². The zero-order chi connectivity index (χ0) is 14.1. The standard InChI is InChI=1S/C15H22O5/c1-8-4-5-11-9(2)12(16)17-13-15(11)10(8)6-7-14(3,18-13)19-20-15/h8-11,13H,4-7H2,1-3H3/t8?,9-,10?,11?,13-,14+,15-/m1/s1. The number of carbonyl (C=O) groups excluding carboxylic acids is 1. The molecule has 5 heteroatoms. The molecule has 5 fully saturated rings. The predicted molar refractivity (Wildman–Crippen MR) is 68.0 cm³/mol. The van der Waals surface area contributed by atoms with E-state index in [1.165, 1.54) is 0 Å². The fourth-order valence-corrected chi connectivity index (χ4v) is 4.76. The molecule has 1 spiro atoms. The summed E-state index contributed by atoms with van der Waals surface area (Å²) in [5, 5.41) is 0. The van der Waals surface area contributed by atoms with Crippen LogP contribution >= 0.6 is 0 Å². The Hall–Kier alpha value is -0.650. The van der Waals surface area contributed by atoms with Crippen molar-refractivity contribution in [2.75, 3.05) is 0 Å². The van der Waals surface area contributed by atoms with E-state index in [1.807, 2.05) is 13.8 Å². The van der Waals surface area contributed by atoms with E-state index >= 15 is 0 Å². The Morgan fingerprint density at radius 3 is 2.70 bits per heavy atom.